The van der Waals surface area contributed by atoms with Crippen LogP contribution in [0.15, 0.2) is 95.9 Å². The Bertz CT molecular complexity index is 1800. The minimum atomic E-state index is -0.957. The second kappa shape index (κ2) is 12.7. The lowest BCUT2D eigenvalue weighted by Gasteiger charge is -2.38. The average molecular weight is 596 g/mol. The number of ether oxygens (including phenoxy) is 1. The van der Waals surface area contributed by atoms with E-state index >= 15 is 0 Å². The Balaban J connectivity index is 1.16. The summed E-state index contributed by atoms with van der Waals surface area (Å²) in [5, 5.41) is 0. The number of fused-ring (bicyclic) bond motifs is 1. The molecule has 1 atom stereocenters. The normalized spacial score (nSPS) is 14.5. The van der Waals surface area contributed by atoms with Crippen molar-refractivity contribution in [3.05, 3.63) is 118 Å². The van der Waals surface area contributed by atoms with E-state index in [0.29, 0.717) is 18.1 Å². The molecule has 44 heavy (non-hydrogen) atoms. The van der Waals surface area contributed by atoms with Crippen molar-refractivity contribution < 1.29 is 13.9 Å². The second-order valence-electron chi connectivity index (χ2n) is 10.9. The van der Waals surface area contributed by atoms with E-state index < -0.39 is 12.0 Å². The third-order valence-corrected chi connectivity index (χ3v) is 8.16. The van der Waals surface area contributed by atoms with Crippen LogP contribution in [0, 0.1) is 5.82 Å². The minimum Gasteiger partial charge on any atom is -0.442 e. The molecule has 0 amide bonds. The first-order chi connectivity index (χ1) is 21.4. The van der Waals surface area contributed by atoms with Gasteiger partial charge in [0.2, 0.25) is 11.9 Å². The lowest BCUT2D eigenvalue weighted by molar-refractivity contribution is -0.149. The highest BCUT2D eigenvalue weighted by Crippen LogP contribution is 2.28. The summed E-state index contributed by atoms with van der Waals surface area (Å²) in [4.78, 5) is 39.2. The van der Waals surface area contributed by atoms with Crippen molar-refractivity contribution in [3.8, 4) is 0 Å². The molecule has 1 saturated heterocycles. The summed E-state index contributed by atoms with van der Waals surface area (Å²) in [6.45, 7) is 1.75. The third kappa shape index (κ3) is 6.04. The van der Waals surface area contributed by atoms with E-state index in [4.69, 9.17) is 15.5 Å². The van der Waals surface area contributed by atoms with Gasteiger partial charge in [-0.2, -0.15) is 0 Å². The zero-order chi connectivity index (χ0) is 30.6. The number of benzene rings is 3. The number of rotatable bonds is 9. The first-order valence-corrected chi connectivity index (χ1v) is 14.6. The van der Waals surface area contributed by atoms with Gasteiger partial charge in [0.1, 0.15) is 11.9 Å². The van der Waals surface area contributed by atoms with E-state index in [1.165, 1.54) is 29.0 Å². The first-order valence-electron chi connectivity index (χ1n) is 14.6. The van der Waals surface area contributed by atoms with Gasteiger partial charge in [0, 0.05) is 38.4 Å². The third-order valence-electron chi connectivity index (χ3n) is 8.16. The standard InChI is InChI=1S/C33H34FN7O3/c1-38(32-36-18-15-29(42)41(32)22-44-31(43)30(35)24-7-3-2-4-8-24)26-16-19-39(20-17-26)33-37-27-9-5-6-10-28(27)40(33)21-23-11-13-25(34)14-12-23/h2-15,18,26,30H,16-17,19-22,35H2,1H3. The van der Waals surface area contributed by atoms with Crippen LogP contribution in [-0.2, 0) is 22.8 Å². The monoisotopic (exact) mass is 595 g/mol. The summed E-state index contributed by atoms with van der Waals surface area (Å²) >= 11 is 0. The Kier molecular flexibility index (Phi) is 8.38. The Morgan fingerprint density at radius 2 is 1.70 bits per heavy atom. The highest BCUT2D eigenvalue weighted by Gasteiger charge is 2.28. The van der Waals surface area contributed by atoms with Crippen molar-refractivity contribution in [2.45, 2.75) is 38.2 Å². The molecular formula is C33H34FN7O3. The lowest BCUT2D eigenvalue weighted by atomic mass is 10.0. The number of nitrogens with two attached hydrogens (primary N) is 1. The molecular weight excluding hydrogens is 561 g/mol. The fourth-order valence-electron chi connectivity index (χ4n) is 5.69. The number of carbonyl (C=O) groups excluding carboxylic acids is 1. The molecule has 0 saturated carbocycles. The predicted molar refractivity (Wildman–Crippen MR) is 167 cm³/mol. The van der Waals surface area contributed by atoms with Crippen LogP contribution < -0.4 is 21.1 Å². The molecule has 226 valence electrons. The molecule has 0 aliphatic carbocycles. The van der Waals surface area contributed by atoms with Gasteiger partial charge in [-0.1, -0.05) is 54.6 Å². The number of imidazole rings is 1. The molecule has 0 bridgehead atoms. The van der Waals surface area contributed by atoms with E-state index in [1.807, 2.05) is 36.2 Å². The molecule has 3 aromatic carbocycles. The summed E-state index contributed by atoms with van der Waals surface area (Å²) in [5.74, 6) is 0.397. The largest absolute Gasteiger partial charge is 0.442 e. The number of hydrogen-bond acceptors (Lipinski definition) is 8. The summed E-state index contributed by atoms with van der Waals surface area (Å²) in [5.41, 5.74) is 9.31. The maximum atomic E-state index is 13.6. The summed E-state index contributed by atoms with van der Waals surface area (Å²) in [6.07, 6.45) is 3.05. The summed E-state index contributed by atoms with van der Waals surface area (Å²) in [6, 6.07) is 24.0. The number of piperidine rings is 1. The maximum absolute atomic E-state index is 13.6. The van der Waals surface area contributed by atoms with Crippen LogP contribution in [0.5, 0.6) is 0 Å². The maximum Gasteiger partial charge on any atom is 0.329 e. The molecule has 11 heteroatoms. The molecule has 5 aromatic rings. The van der Waals surface area contributed by atoms with Gasteiger partial charge in [-0.05, 0) is 48.2 Å². The van der Waals surface area contributed by atoms with Gasteiger partial charge in [-0.3, -0.25) is 4.79 Å². The number of esters is 1. The minimum absolute atomic E-state index is 0.0870. The molecule has 2 aromatic heterocycles. The Labute approximate surface area is 254 Å². The van der Waals surface area contributed by atoms with Crippen LogP contribution in [0.25, 0.3) is 11.0 Å². The molecule has 6 rings (SSSR count). The quantitative estimate of drug-likeness (QED) is 0.254. The zero-order valence-corrected chi connectivity index (χ0v) is 24.4. The Morgan fingerprint density at radius 3 is 2.45 bits per heavy atom. The molecule has 1 fully saturated rings. The summed E-state index contributed by atoms with van der Waals surface area (Å²) < 4.78 is 22.6. The van der Waals surface area contributed by atoms with Crippen molar-refractivity contribution in [2.24, 2.45) is 5.73 Å². The van der Waals surface area contributed by atoms with Gasteiger partial charge < -0.3 is 24.8 Å². The number of nitrogens with zero attached hydrogens (tertiary/aromatic N) is 6. The van der Waals surface area contributed by atoms with Crippen LogP contribution in [0.3, 0.4) is 0 Å². The smallest absolute Gasteiger partial charge is 0.329 e. The van der Waals surface area contributed by atoms with Gasteiger partial charge >= 0.3 is 5.97 Å². The van der Waals surface area contributed by atoms with E-state index in [-0.39, 0.29) is 24.1 Å². The van der Waals surface area contributed by atoms with Crippen molar-refractivity contribution >= 4 is 28.9 Å². The Morgan fingerprint density at radius 1 is 1.00 bits per heavy atom. The summed E-state index contributed by atoms with van der Waals surface area (Å²) in [7, 11) is 1.90. The average Bonchev–Trinajstić information content (AvgIpc) is 3.43. The van der Waals surface area contributed by atoms with Crippen LogP contribution in [0.1, 0.15) is 30.0 Å². The second-order valence-corrected chi connectivity index (χ2v) is 10.9. The molecule has 0 radical (unpaired) electrons. The van der Waals surface area contributed by atoms with Gasteiger partial charge in [0.25, 0.3) is 5.56 Å². The highest BCUT2D eigenvalue weighted by molar-refractivity contribution is 5.79. The van der Waals surface area contributed by atoms with E-state index in [9.17, 15) is 14.0 Å². The number of para-hydroxylation sites is 2. The molecule has 0 spiro atoms. The number of aromatic nitrogens is 4. The van der Waals surface area contributed by atoms with Crippen LogP contribution in [0.2, 0.25) is 0 Å². The van der Waals surface area contributed by atoms with Crippen molar-refractivity contribution in [2.75, 3.05) is 29.9 Å². The Hall–Kier alpha value is -5.03. The van der Waals surface area contributed by atoms with Crippen molar-refractivity contribution in [3.63, 3.8) is 0 Å². The topological polar surface area (TPSA) is 112 Å². The SMILES string of the molecule is CN(c1nccc(=O)n1COC(=O)C(N)c1ccccc1)C1CCN(c2nc3ccccc3n2Cc2ccc(F)cc2)CC1. The number of halogens is 1. The first kappa shape index (κ1) is 29.1. The van der Waals surface area contributed by atoms with E-state index in [2.05, 4.69) is 20.5 Å². The zero-order valence-electron chi connectivity index (χ0n) is 24.4. The van der Waals surface area contributed by atoms with Gasteiger partial charge in [-0.15, -0.1) is 0 Å². The van der Waals surface area contributed by atoms with Crippen LogP contribution in [-0.4, -0.2) is 51.3 Å². The van der Waals surface area contributed by atoms with Crippen molar-refractivity contribution in [1.82, 2.24) is 19.1 Å². The van der Waals surface area contributed by atoms with Crippen LogP contribution in [0.4, 0.5) is 16.3 Å². The molecule has 10 nitrogen and oxygen atoms in total. The number of carbonyl (C=O) groups is 1. The van der Waals surface area contributed by atoms with E-state index in [1.54, 1.807) is 36.4 Å². The van der Waals surface area contributed by atoms with Crippen molar-refractivity contribution in [1.29, 1.82) is 0 Å². The fourth-order valence-corrected chi connectivity index (χ4v) is 5.69. The molecule has 1 aliphatic rings. The van der Waals surface area contributed by atoms with Gasteiger partial charge in [0.05, 0.1) is 17.6 Å². The lowest BCUT2D eigenvalue weighted by Crippen LogP contribution is -2.46. The highest BCUT2D eigenvalue weighted by atomic mass is 19.1. The molecule has 1 unspecified atom stereocenters. The van der Waals surface area contributed by atoms with E-state index in [0.717, 1.165) is 48.5 Å². The predicted octanol–water partition coefficient (Wildman–Crippen LogP) is 4.09. The van der Waals surface area contributed by atoms with Gasteiger partial charge in [-0.25, -0.2) is 23.7 Å². The van der Waals surface area contributed by atoms with Gasteiger partial charge in [0.15, 0.2) is 6.73 Å². The molecule has 2 N–H and O–H groups in total. The fraction of sp³-hybridized carbons (Fsp3) is 0.273. The molecule has 1 aliphatic heterocycles. The number of hydrogen-bond donors (Lipinski definition) is 1. The van der Waals surface area contributed by atoms with Crippen LogP contribution >= 0.6 is 0 Å². The molecule has 3 heterocycles. The number of anilines is 2.